The topological polar surface area (TPSA) is 134 Å². The molecule has 0 aromatic heterocycles. The minimum Gasteiger partial charge on any atom is -0.480 e. The van der Waals surface area contributed by atoms with Crippen LogP contribution in [0.25, 0.3) is 0 Å². The van der Waals surface area contributed by atoms with E-state index in [2.05, 4.69) is 10.6 Å². The van der Waals surface area contributed by atoms with Crippen LogP contribution in [0.15, 0.2) is 0 Å². The van der Waals surface area contributed by atoms with Crippen molar-refractivity contribution in [1.29, 1.82) is 0 Å². The maximum atomic E-state index is 12.5. The van der Waals surface area contributed by atoms with Gasteiger partial charge in [-0.2, -0.15) is 0 Å². The van der Waals surface area contributed by atoms with Gasteiger partial charge in [0, 0.05) is 0 Å². The summed E-state index contributed by atoms with van der Waals surface area (Å²) in [5, 5.41) is 14.3. The van der Waals surface area contributed by atoms with Crippen molar-refractivity contribution in [3.8, 4) is 0 Å². The zero-order valence-electron chi connectivity index (χ0n) is 16.5. The van der Waals surface area contributed by atoms with Gasteiger partial charge in [-0.3, -0.25) is 9.59 Å². The Hall–Kier alpha value is -2.16. The van der Waals surface area contributed by atoms with E-state index in [4.69, 9.17) is 9.47 Å². The second kappa shape index (κ2) is 10.2. The summed E-state index contributed by atoms with van der Waals surface area (Å²) in [5.74, 6) is -2.75. The molecule has 0 radical (unpaired) electrons. The standard InChI is InChI=1S/C18H30N2O7/c1-6-26-18(25)14-13(27-14)16(22)19-11(7-9(2)3)15(21)20-12(17(23)24)8-10(4)5/h9-14H,6-8H2,1-5H3,(H,19,22)(H,20,21)(H,23,24)/t11-,12-,13-,14-/m0/s1. The number of nitrogens with one attached hydrogen (secondary N) is 2. The summed E-state index contributed by atoms with van der Waals surface area (Å²) in [4.78, 5) is 47.8. The molecule has 0 spiro atoms. The SMILES string of the molecule is CCOC(=O)[C@H]1O[C@@H]1C(=O)N[C@@H](CC(C)C)C(=O)N[C@@H](CC(C)C)C(=O)O. The van der Waals surface area contributed by atoms with Gasteiger partial charge in [0.25, 0.3) is 5.91 Å². The predicted octanol–water partition coefficient (Wildman–Crippen LogP) is 0.463. The maximum Gasteiger partial charge on any atom is 0.338 e. The lowest BCUT2D eigenvalue weighted by atomic mass is 10.0. The highest BCUT2D eigenvalue weighted by Gasteiger charge is 2.52. The number of hydrogen-bond donors (Lipinski definition) is 3. The summed E-state index contributed by atoms with van der Waals surface area (Å²) in [6.45, 7) is 9.30. The lowest BCUT2D eigenvalue weighted by Gasteiger charge is -2.23. The van der Waals surface area contributed by atoms with Gasteiger partial charge in [-0.15, -0.1) is 0 Å². The van der Waals surface area contributed by atoms with Gasteiger partial charge in [0.05, 0.1) is 6.61 Å². The number of carbonyl (C=O) groups excluding carboxylic acids is 3. The van der Waals surface area contributed by atoms with Crippen LogP contribution < -0.4 is 10.6 Å². The monoisotopic (exact) mass is 386 g/mol. The highest BCUT2D eigenvalue weighted by Crippen LogP contribution is 2.24. The summed E-state index contributed by atoms with van der Waals surface area (Å²) >= 11 is 0. The molecule has 1 aliphatic rings. The number of epoxide rings is 1. The normalized spacial score (nSPS) is 20.7. The van der Waals surface area contributed by atoms with Gasteiger partial charge in [-0.1, -0.05) is 27.7 Å². The van der Waals surface area contributed by atoms with Crippen molar-refractivity contribution in [2.45, 2.75) is 71.8 Å². The average molecular weight is 386 g/mol. The summed E-state index contributed by atoms with van der Waals surface area (Å²) in [6, 6.07) is -1.95. The molecular weight excluding hydrogens is 356 g/mol. The highest BCUT2D eigenvalue weighted by molar-refractivity contribution is 5.96. The molecule has 9 heteroatoms. The molecular formula is C18H30N2O7. The molecule has 2 amide bonds. The Morgan fingerprint density at radius 2 is 1.52 bits per heavy atom. The number of carboxylic acid groups (broad SMARTS) is 1. The van der Waals surface area contributed by atoms with E-state index < -0.39 is 48.0 Å². The zero-order chi connectivity index (χ0) is 20.7. The van der Waals surface area contributed by atoms with Crippen LogP contribution in [0, 0.1) is 11.8 Å². The van der Waals surface area contributed by atoms with Crippen molar-refractivity contribution < 1.29 is 33.8 Å². The van der Waals surface area contributed by atoms with E-state index in [9.17, 15) is 24.3 Å². The Kier molecular flexibility index (Phi) is 8.68. The van der Waals surface area contributed by atoms with Crippen molar-refractivity contribution in [1.82, 2.24) is 10.6 Å². The summed E-state index contributed by atoms with van der Waals surface area (Å²) < 4.78 is 9.83. The van der Waals surface area contributed by atoms with Crippen LogP contribution in [0.5, 0.6) is 0 Å². The Morgan fingerprint density at radius 1 is 0.963 bits per heavy atom. The molecule has 1 heterocycles. The Bertz CT molecular complexity index is 562. The minimum atomic E-state index is -1.13. The molecule has 9 nitrogen and oxygen atoms in total. The van der Waals surface area contributed by atoms with Gasteiger partial charge >= 0.3 is 11.9 Å². The van der Waals surface area contributed by atoms with Crippen molar-refractivity contribution >= 4 is 23.8 Å². The van der Waals surface area contributed by atoms with E-state index in [1.54, 1.807) is 6.92 Å². The minimum absolute atomic E-state index is 0.0785. The van der Waals surface area contributed by atoms with E-state index in [0.717, 1.165) is 0 Å². The van der Waals surface area contributed by atoms with Gasteiger partial charge in [0.2, 0.25) is 5.91 Å². The van der Waals surface area contributed by atoms with Crippen LogP contribution in [0.3, 0.4) is 0 Å². The molecule has 1 fully saturated rings. The van der Waals surface area contributed by atoms with Crippen molar-refractivity contribution in [3.63, 3.8) is 0 Å². The number of rotatable bonds is 11. The zero-order valence-corrected chi connectivity index (χ0v) is 16.5. The third-order valence-corrected chi connectivity index (χ3v) is 3.93. The number of carbonyl (C=O) groups is 4. The molecule has 3 N–H and O–H groups in total. The van der Waals surface area contributed by atoms with E-state index in [1.807, 2.05) is 27.7 Å². The fraction of sp³-hybridized carbons (Fsp3) is 0.778. The average Bonchev–Trinajstić information content (AvgIpc) is 3.33. The fourth-order valence-electron chi connectivity index (χ4n) is 2.64. The largest absolute Gasteiger partial charge is 0.480 e. The third-order valence-electron chi connectivity index (χ3n) is 3.93. The number of carboxylic acids is 1. The number of esters is 1. The summed E-state index contributed by atoms with van der Waals surface area (Å²) in [7, 11) is 0. The molecule has 0 bridgehead atoms. The van der Waals surface area contributed by atoms with Crippen LogP contribution in [0.2, 0.25) is 0 Å². The first kappa shape index (κ1) is 22.9. The molecule has 154 valence electrons. The molecule has 27 heavy (non-hydrogen) atoms. The quantitative estimate of drug-likeness (QED) is 0.347. The predicted molar refractivity (Wildman–Crippen MR) is 95.7 cm³/mol. The van der Waals surface area contributed by atoms with Crippen molar-refractivity contribution in [2.24, 2.45) is 11.8 Å². The Morgan fingerprint density at radius 3 is 2.00 bits per heavy atom. The van der Waals surface area contributed by atoms with Crippen LogP contribution >= 0.6 is 0 Å². The van der Waals surface area contributed by atoms with Crippen molar-refractivity contribution in [2.75, 3.05) is 6.61 Å². The number of hydrogen-bond acceptors (Lipinski definition) is 6. The fourth-order valence-corrected chi connectivity index (χ4v) is 2.64. The van der Waals surface area contributed by atoms with Crippen molar-refractivity contribution in [3.05, 3.63) is 0 Å². The highest BCUT2D eigenvalue weighted by atomic mass is 16.6. The first-order valence-corrected chi connectivity index (χ1v) is 9.22. The smallest absolute Gasteiger partial charge is 0.338 e. The van der Waals surface area contributed by atoms with Crippen LogP contribution in [-0.2, 0) is 28.7 Å². The van der Waals surface area contributed by atoms with E-state index in [0.29, 0.717) is 6.42 Å². The van der Waals surface area contributed by atoms with Gasteiger partial charge in [0.15, 0.2) is 12.2 Å². The van der Waals surface area contributed by atoms with E-state index in [-0.39, 0.29) is 24.9 Å². The molecule has 0 unspecified atom stereocenters. The van der Waals surface area contributed by atoms with E-state index >= 15 is 0 Å². The number of aliphatic carboxylic acids is 1. The molecule has 0 aromatic carbocycles. The number of amides is 2. The molecule has 0 aromatic rings. The molecule has 1 saturated heterocycles. The molecule has 1 aliphatic heterocycles. The molecule has 0 aliphatic carbocycles. The first-order valence-electron chi connectivity index (χ1n) is 9.22. The lowest BCUT2D eigenvalue weighted by molar-refractivity contribution is -0.145. The Balaban J connectivity index is 2.72. The molecule has 0 saturated carbocycles. The second-order valence-corrected chi connectivity index (χ2v) is 7.45. The second-order valence-electron chi connectivity index (χ2n) is 7.45. The third kappa shape index (κ3) is 7.54. The molecule has 1 rings (SSSR count). The van der Waals surface area contributed by atoms with Gasteiger partial charge < -0.3 is 25.2 Å². The van der Waals surface area contributed by atoms with Crippen LogP contribution in [0.4, 0.5) is 0 Å². The van der Waals surface area contributed by atoms with Crippen LogP contribution in [-0.4, -0.2) is 59.8 Å². The summed E-state index contributed by atoms with van der Waals surface area (Å²) in [5.41, 5.74) is 0. The van der Waals surface area contributed by atoms with Gasteiger partial charge in [-0.25, -0.2) is 9.59 Å². The lowest BCUT2D eigenvalue weighted by Crippen LogP contribution is -2.53. The van der Waals surface area contributed by atoms with Crippen LogP contribution in [0.1, 0.15) is 47.5 Å². The maximum absolute atomic E-state index is 12.5. The number of ether oxygens (including phenoxy) is 2. The van der Waals surface area contributed by atoms with E-state index in [1.165, 1.54) is 0 Å². The van der Waals surface area contributed by atoms with Gasteiger partial charge in [-0.05, 0) is 31.6 Å². The first-order chi connectivity index (χ1) is 12.6. The van der Waals surface area contributed by atoms with Gasteiger partial charge in [0.1, 0.15) is 12.1 Å². The Labute approximate surface area is 159 Å². The molecule has 4 atom stereocenters. The summed E-state index contributed by atoms with van der Waals surface area (Å²) in [6.07, 6.45) is -1.35.